The number of nitrogens with zero attached hydrogens (tertiary/aromatic N) is 1. The summed E-state index contributed by atoms with van der Waals surface area (Å²) in [6, 6.07) is 14.9. The molecule has 0 bridgehead atoms. The Morgan fingerprint density at radius 1 is 0.962 bits per heavy atom. The normalized spacial score (nSPS) is 14.5. The minimum absolute atomic E-state index is 0.143. The highest BCUT2D eigenvalue weighted by Gasteiger charge is 2.21. The zero-order valence-electron chi connectivity index (χ0n) is 14.2. The number of rotatable bonds is 4. The largest absolute Gasteiger partial charge is 0.349 e. The molecule has 5 nitrogen and oxygen atoms in total. The predicted octanol–water partition coefficient (Wildman–Crippen LogP) is 4.22. The molecule has 0 unspecified atom stereocenters. The van der Waals surface area contributed by atoms with Gasteiger partial charge >= 0.3 is 0 Å². The third kappa shape index (κ3) is 3.32. The van der Waals surface area contributed by atoms with E-state index >= 15 is 0 Å². The number of amides is 2. The third-order valence-corrected chi connectivity index (χ3v) is 5.53. The maximum atomic E-state index is 12.7. The minimum atomic E-state index is -0.302. The van der Waals surface area contributed by atoms with Crippen LogP contribution in [-0.2, 0) is 0 Å². The van der Waals surface area contributed by atoms with Crippen molar-refractivity contribution in [3.63, 3.8) is 0 Å². The summed E-state index contributed by atoms with van der Waals surface area (Å²) in [6.45, 7) is 0. The number of carbonyl (C=O) groups is 2. The second kappa shape index (κ2) is 7.25. The second-order valence-corrected chi connectivity index (χ2v) is 7.29. The molecule has 132 valence electrons. The van der Waals surface area contributed by atoms with Gasteiger partial charge in [0.15, 0.2) is 0 Å². The van der Waals surface area contributed by atoms with Crippen molar-refractivity contribution in [3.05, 3.63) is 59.8 Å². The topological polar surface area (TPSA) is 71.1 Å². The van der Waals surface area contributed by atoms with Gasteiger partial charge in [0, 0.05) is 11.4 Å². The van der Waals surface area contributed by atoms with Gasteiger partial charge in [-0.25, -0.2) is 0 Å². The van der Waals surface area contributed by atoms with Crippen LogP contribution in [0.3, 0.4) is 0 Å². The molecule has 0 atom stereocenters. The Hall–Kier alpha value is -2.73. The van der Waals surface area contributed by atoms with Gasteiger partial charge in [-0.15, -0.1) is 0 Å². The van der Waals surface area contributed by atoms with E-state index in [1.807, 2.05) is 24.3 Å². The van der Waals surface area contributed by atoms with Crippen LogP contribution in [0.2, 0.25) is 0 Å². The Morgan fingerprint density at radius 3 is 2.54 bits per heavy atom. The average Bonchev–Trinajstić information content (AvgIpc) is 3.31. The van der Waals surface area contributed by atoms with E-state index in [1.54, 1.807) is 24.3 Å². The number of fused-ring (bicyclic) bond motifs is 1. The summed E-state index contributed by atoms with van der Waals surface area (Å²) in [6.07, 6.45) is 4.34. The number of benzene rings is 2. The predicted molar refractivity (Wildman–Crippen MR) is 104 cm³/mol. The van der Waals surface area contributed by atoms with Crippen LogP contribution in [0.5, 0.6) is 0 Å². The van der Waals surface area contributed by atoms with Gasteiger partial charge in [0.2, 0.25) is 0 Å². The Bertz CT molecular complexity index is 960. The Balaban J connectivity index is 1.56. The number of anilines is 1. The van der Waals surface area contributed by atoms with E-state index in [2.05, 4.69) is 15.0 Å². The summed E-state index contributed by atoms with van der Waals surface area (Å²) < 4.78 is 5.24. The summed E-state index contributed by atoms with van der Waals surface area (Å²) in [5, 5.41) is 6.75. The van der Waals surface area contributed by atoms with Gasteiger partial charge in [0.25, 0.3) is 11.8 Å². The molecule has 2 aromatic carbocycles. The van der Waals surface area contributed by atoms with Gasteiger partial charge in [-0.2, -0.15) is 4.37 Å². The van der Waals surface area contributed by atoms with Crippen molar-refractivity contribution < 1.29 is 9.59 Å². The average molecular weight is 365 g/mol. The first kappa shape index (κ1) is 16.7. The molecule has 6 heteroatoms. The van der Waals surface area contributed by atoms with Crippen LogP contribution in [0, 0.1) is 0 Å². The molecule has 26 heavy (non-hydrogen) atoms. The van der Waals surface area contributed by atoms with Crippen LogP contribution in [0.4, 0.5) is 5.69 Å². The first-order valence-corrected chi connectivity index (χ1v) is 9.55. The molecule has 1 aromatic heterocycles. The molecule has 1 aliphatic carbocycles. The highest BCUT2D eigenvalue weighted by molar-refractivity contribution is 7.13. The van der Waals surface area contributed by atoms with E-state index in [0.29, 0.717) is 16.9 Å². The highest BCUT2D eigenvalue weighted by Crippen LogP contribution is 2.24. The molecular weight excluding hydrogens is 346 g/mol. The van der Waals surface area contributed by atoms with E-state index < -0.39 is 0 Å². The van der Waals surface area contributed by atoms with Gasteiger partial charge in [-0.3, -0.25) is 9.59 Å². The molecule has 0 spiro atoms. The number of nitrogens with one attached hydrogen (secondary N) is 2. The fourth-order valence-electron chi connectivity index (χ4n) is 3.35. The van der Waals surface area contributed by atoms with Gasteiger partial charge < -0.3 is 10.6 Å². The first-order valence-electron chi connectivity index (χ1n) is 8.78. The molecule has 0 radical (unpaired) electrons. The molecule has 0 aliphatic heterocycles. The Labute approximate surface area is 155 Å². The lowest BCUT2D eigenvalue weighted by Gasteiger charge is -2.14. The van der Waals surface area contributed by atoms with Crippen molar-refractivity contribution in [2.24, 2.45) is 0 Å². The first-order chi connectivity index (χ1) is 12.7. The standard InChI is InChI=1S/C20H19N3O2S/c24-19(21-13-7-1-2-8-13)14-9-3-5-11-16(14)22-20(25)18-15-10-4-6-12-17(15)26-23-18/h3-6,9-13H,1-2,7-8H2,(H,21,24)(H,22,25). The molecule has 1 heterocycles. The fourth-order valence-corrected chi connectivity index (χ4v) is 4.13. The Morgan fingerprint density at radius 2 is 1.69 bits per heavy atom. The monoisotopic (exact) mass is 365 g/mol. The second-order valence-electron chi connectivity index (χ2n) is 6.48. The van der Waals surface area contributed by atoms with Gasteiger partial charge in [-0.1, -0.05) is 43.2 Å². The highest BCUT2D eigenvalue weighted by atomic mass is 32.1. The zero-order valence-corrected chi connectivity index (χ0v) is 15.0. The molecule has 1 saturated carbocycles. The number of hydrogen-bond acceptors (Lipinski definition) is 4. The molecule has 2 N–H and O–H groups in total. The molecule has 1 fully saturated rings. The van der Waals surface area contributed by atoms with Crippen LogP contribution in [-0.4, -0.2) is 22.2 Å². The number of carbonyl (C=O) groups excluding carboxylic acids is 2. The molecule has 1 aliphatic rings. The lowest BCUT2D eigenvalue weighted by atomic mass is 10.1. The maximum Gasteiger partial charge on any atom is 0.276 e. The fraction of sp³-hybridized carbons (Fsp3) is 0.250. The molecule has 0 saturated heterocycles. The van der Waals surface area contributed by atoms with Crippen LogP contribution in [0.15, 0.2) is 48.5 Å². The smallest absolute Gasteiger partial charge is 0.276 e. The summed E-state index contributed by atoms with van der Waals surface area (Å²) in [4.78, 5) is 25.3. The lowest BCUT2D eigenvalue weighted by Crippen LogP contribution is -2.33. The minimum Gasteiger partial charge on any atom is -0.349 e. The number of para-hydroxylation sites is 1. The van der Waals surface area contributed by atoms with Gasteiger partial charge in [0.1, 0.15) is 5.69 Å². The summed E-state index contributed by atoms with van der Waals surface area (Å²) >= 11 is 1.29. The van der Waals surface area contributed by atoms with Crippen LogP contribution in [0.1, 0.15) is 46.5 Å². The maximum absolute atomic E-state index is 12.7. The van der Waals surface area contributed by atoms with E-state index in [9.17, 15) is 9.59 Å². The molecule has 4 rings (SSSR count). The lowest BCUT2D eigenvalue weighted by molar-refractivity contribution is 0.0939. The van der Waals surface area contributed by atoms with Crippen molar-refractivity contribution in [1.82, 2.24) is 9.69 Å². The molecule has 3 aromatic rings. The Kier molecular flexibility index (Phi) is 4.67. The van der Waals surface area contributed by atoms with E-state index in [0.717, 1.165) is 35.8 Å². The zero-order chi connectivity index (χ0) is 17.9. The van der Waals surface area contributed by atoms with Crippen molar-refractivity contribution in [2.45, 2.75) is 31.7 Å². The quantitative estimate of drug-likeness (QED) is 0.727. The van der Waals surface area contributed by atoms with Gasteiger partial charge in [0.05, 0.1) is 16.0 Å². The summed E-state index contributed by atoms with van der Waals surface area (Å²) in [5.41, 5.74) is 1.37. The molecular formula is C20H19N3O2S. The summed E-state index contributed by atoms with van der Waals surface area (Å²) in [7, 11) is 0. The van der Waals surface area contributed by atoms with E-state index in [4.69, 9.17) is 0 Å². The van der Waals surface area contributed by atoms with Crippen molar-refractivity contribution in [1.29, 1.82) is 0 Å². The van der Waals surface area contributed by atoms with Crippen molar-refractivity contribution in [2.75, 3.05) is 5.32 Å². The SMILES string of the molecule is O=C(NC1CCCC1)c1ccccc1NC(=O)c1nsc2ccccc12. The van der Waals surface area contributed by atoms with Crippen LogP contribution in [0.25, 0.3) is 10.1 Å². The summed E-state index contributed by atoms with van der Waals surface area (Å²) in [5.74, 6) is -0.445. The van der Waals surface area contributed by atoms with Crippen LogP contribution < -0.4 is 10.6 Å². The van der Waals surface area contributed by atoms with E-state index in [-0.39, 0.29) is 17.9 Å². The van der Waals surface area contributed by atoms with Crippen molar-refractivity contribution >= 4 is 39.1 Å². The van der Waals surface area contributed by atoms with Crippen molar-refractivity contribution in [3.8, 4) is 0 Å². The van der Waals surface area contributed by atoms with E-state index in [1.165, 1.54) is 11.5 Å². The third-order valence-electron chi connectivity index (χ3n) is 4.70. The van der Waals surface area contributed by atoms with Gasteiger partial charge in [-0.05, 0) is 42.6 Å². The number of hydrogen-bond donors (Lipinski definition) is 2. The number of aromatic nitrogens is 1. The molecule has 2 amide bonds. The van der Waals surface area contributed by atoms with Crippen LogP contribution >= 0.6 is 11.5 Å².